The van der Waals surface area contributed by atoms with Gasteiger partial charge in [0.2, 0.25) is 0 Å². The van der Waals surface area contributed by atoms with Crippen molar-refractivity contribution < 1.29 is 9.53 Å². The van der Waals surface area contributed by atoms with Crippen LogP contribution in [0.15, 0.2) is 36.4 Å². The highest BCUT2D eigenvalue weighted by atomic mass is 127. The molecule has 3 atom stereocenters. The molecule has 0 unspecified atom stereocenters. The van der Waals surface area contributed by atoms with Gasteiger partial charge in [0, 0.05) is 22.0 Å². The van der Waals surface area contributed by atoms with Crippen LogP contribution in [0.3, 0.4) is 0 Å². The van der Waals surface area contributed by atoms with Gasteiger partial charge in [-0.2, -0.15) is 0 Å². The van der Waals surface area contributed by atoms with Crippen LogP contribution in [0.2, 0.25) is 0 Å². The molecule has 0 N–H and O–H groups in total. The first-order valence-electron chi connectivity index (χ1n) is 9.74. The molecule has 1 aliphatic carbocycles. The summed E-state index contributed by atoms with van der Waals surface area (Å²) in [5.74, 6) is 1.40. The molecular weight excluding hydrogens is 485 g/mol. The van der Waals surface area contributed by atoms with Crippen molar-refractivity contribution in [3.05, 3.63) is 67.8 Å². The van der Waals surface area contributed by atoms with E-state index in [1.54, 1.807) is 0 Å². The highest BCUT2D eigenvalue weighted by Gasteiger charge is 2.44. The molecule has 0 aromatic heterocycles. The van der Waals surface area contributed by atoms with Crippen molar-refractivity contribution in [1.29, 1.82) is 0 Å². The maximum Gasteiger partial charge on any atom is 0.337 e. The minimum atomic E-state index is -0.270. The zero-order chi connectivity index (χ0) is 19.1. The van der Waals surface area contributed by atoms with Gasteiger partial charge in [-0.1, -0.05) is 25.1 Å². The monoisotopic (exact) mass is 511 g/mol. The molecule has 0 amide bonds. The maximum absolute atomic E-state index is 11.8. The summed E-state index contributed by atoms with van der Waals surface area (Å²) >= 11 is 2.47. The average molecular weight is 512 g/mol. The van der Waals surface area contributed by atoms with Gasteiger partial charge in [-0.25, -0.2) is 4.79 Å². The second-order valence-electron chi connectivity index (χ2n) is 7.77. The average Bonchev–Trinajstić information content (AvgIpc) is 3.00. The molecule has 0 radical (unpaired) electrons. The maximum atomic E-state index is 11.8. The predicted octanol–water partition coefficient (Wildman–Crippen LogP) is 5.38. The number of piperidine rings is 1. The number of likely N-dealkylation sites (tertiary alicyclic amines) is 1. The summed E-state index contributed by atoms with van der Waals surface area (Å²) < 4.78 is 6.21. The van der Waals surface area contributed by atoms with Crippen molar-refractivity contribution in [1.82, 2.24) is 4.90 Å². The van der Waals surface area contributed by atoms with Gasteiger partial charge < -0.3 is 9.64 Å². The van der Waals surface area contributed by atoms with Gasteiger partial charge in [-0.05, 0) is 95.4 Å². The first kappa shape index (κ1) is 21.6. The largest absolute Gasteiger partial charge is 0.465 e. The van der Waals surface area contributed by atoms with Crippen LogP contribution in [-0.2, 0) is 4.74 Å². The number of benzene rings is 2. The molecule has 0 bridgehead atoms. The third-order valence-electron chi connectivity index (χ3n) is 6.42. The predicted molar refractivity (Wildman–Crippen MR) is 124 cm³/mol. The van der Waals surface area contributed by atoms with E-state index in [2.05, 4.69) is 65.6 Å². The number of rotatable bonds is 3. The molecule has 2 aromatic rings. The molecule has 2 aromatic carbocycles. The Balaban J connectivity index is 0.00000225. The highest BCUT2D eigenvalue weighted by molar-refractivity contribution is 14.1. The van der Waals surface area contributed by atoms with Gasteiger partial charge in [0.25, 0.3) is 0 Å². The summed E-state index contributed by atoms with van der Waals surface area (Å²) in [4.78, 5) is 14.4. The fourth-order valence-electron chi connectivity index (χ4n) is 4.96. The van der Waals surface area contributed by atoms with E-state index in [1.807, 2.05) is 12.1 Å². The lowest BCUT2D eigenvalue weighted by Crippen LogP contribution is -2.38. The second-order valence-corrected chi connectivity index (χ2v) is 8.94. The summed E-state index contributed by atoms with van der Waals surface area (Å²) in [5, 5.41) is 0. The van der Waals surface area contributed by atoms with Crippen molar-refractivity contribution in [2.75, 3.05) is 26.7 Å². The molecule has 3 nitrogen and oxygen atoms in total. The van der Waals surface area contributed by atoms with E-state index in [0.29, 0.717) is 23.3 Å². The van der Waals surface area contributed by atoms with Crippen LogP contribution in [0.25, 0.3) is 0 Å². The lowest BCUT2D eigenvalue weighted by atomic mass is 9.78. The van der Waals surface area contributed by atoms with Gasteiger partial charge in [-0.3, -0.25) is 0 Å². The number of carbonyl (C=O) groups is 1. The van der Waals surface area contributed by atoms with Crippen LogP contribution in [-0.4, -0.2) is 37.6 Å². The van der Waals surface area contributed by atoms with Gasteiger partial charge in [0.1, 0.15) is 0 Å². The molecule has 1 heterocycles. The number of aryl methyl sites for hydroxylation is 1. The van der Waals surface area contributed by atoms with Crippen molar-refractivity contribution in [2.45, 2.75) is 32.1 Å². The Morgan fingerprint density at radius 3 is 2.57 bits per heavy atom. The fraction of sp³-hybridized carbons (Fsp3) is 0.435. The van der Waals surface area contributed by atoms with Crippen molar-refractivity contribution in [3.8, 4) is 0 Å². The van der Waals surface area contributed by atoms with Crippen LogP contribution in [0, 0.1) is 16.4 Å². The van der Waals surface area contributed by atoms with E-state index in [9.17, 15) is 4.79 Å². The van der Waals surface area contributed by atoms with Crippen molar-refractivity contribution in [3.63, 3.8) is 0 Å². The van der Waals surface area contributed by atoms with Crippen LogP contribution >= 0.6 is 35.0 Å². The Hall–Kier alpha value is -1.11. The number of methoxy groups -OCH3 is 1. The summed E-state index contributed by atoms with van der Waals surface area (Å²) in [6.07, 6.45) is 1.23. The number of hydrogen-bond acceptors (Lipinski definition) is 3. The first-order valence-corrected chi connectivity index (χ1v) is 10.8. The van der Waals surface area contributed by atoms with Gasteiger partial charge in [0.15, 0.2) is 0 Å². The van der Waals surface area contributed by atoms with Crippen LogP contribution in [0.1, 0.15) is 57.8 Å². The third-order valence-corrected chi connectivity index (χ3v) is 7.58. The molecule has 1 saturated heterocycles. The van der Waals surface area contributed by atoms with E-state index >= 15 is 0 Å². The lowest BCUT2D eigenvalue weighted by molar-refractivity contribution is 0.0600. The number of ether oxygens (including phenoxy) is 1. The van der Waals surface area contributed by atoms with Crippen LogP contribution in [0.5, 0.6) is 0 Å². The number of likely N-dealkylation sites (N-methyl/N-ethyl adjacent to an activating group) is 1. The Kier molecular flexibility index (Phi) is 6.72. The Labute approximate surface area is 187 Å². The number of nitrogens with zero attached hydrogens (tertiary/aromatic N) is 1. The third kappa shape index (κ3) is 3.71. The summed E-state index contributed by atoms with van der Waals surface area (Å²) in [6.45, 7) is 7.93. The Morgan fingerprint density at radius 2 is 1.93 bits per heavy atom. The van der Waals surface area contributed by atoms with E-state index < -0.39 is 0 Å². The molecule has 0 saturated carbocycles. The Bertz CT molecular complexity index is 868. The van der Waals surface area contributed by atoms with E-state index in [1.165, 1.54) is 45.9 Å². The number of esters is 1. The van der Waals surface area contributed by atoms with E-state index in [-0.39, 0.29) is 18.4 Å². The SMILES string of the molecule is CCN1CC[C@@H]2[C@@H](c3ccc(C(=O)OC)cc3)c3cc(C)c(I)cc3[C@@H]2C1.Cl. The lowest BCUT2D eigenvalue weighted by Gasteiger charge is -2.37. The van der Waals surface area contributed by atoms with E-state index in [4.69, 9.17) is 4.74 Å². The van der Waals surface area contributed by atoms with Gasteiger partial charge in [0.05, 0.1) is 12.7 Å². The Morgan fingerprint density at radius 1 is 1.21 bits per heavy atom. The fourth-order valence-corrected chi connectivity index (χ4v) is 5.46. The molecule has 150 valence electrons. The topological polar surface area (TPSA) is 29.5 Å². The highest BCUT2D eigenvalue weighted by Crippen LogP contribution is 2.53. The van der Waals surface area contributed by atoms with Gasteiger partial charge >= 0.3 is 5.97 Å². The number of hydrogen-bond donors (Lipinski definition) is 0. The molecule has 4 rings (SSSR count). The zero-order valence-electron chi connectivity index (χ0n) is 16.6. The number of carbonyl (C=O) groups excluding carboxylic acids is 1. The molecular formula is C23H27ClINO2. The molecule has 1 aliphatic heterocycles. The number of halogens is 2. The summed E-state index contributed by atoms with van der Waals surface area (Å²) in [5.41, 5.74) is 6.33. The summed E-state index contributed by atoms with van der Waals surface area (Å²) in [7, 11) is 1.43. The molecule has 2 aliphatic rings. The minimum Gasteiger partial charge on any atom is -0.465 e. The first-order chi connectivity index (χ1) is 13.0. The second kappa shape index (κ2) is 8.72. The summed E-state index contributed by atoms with van der Waals surface area (Å²) in [6, 6.07) is 12.9. The minimum absolute atomic E-state index is 0. The van der Waals surface area contributed by atoms with Crippen LogP contribution in [0.4, 0.5) is 0 Å². The van der Waals surface area contributed by atoms with Crippen LogP contribution < -0.4 is 0 Å². The van der Waals surface area contributed by atoms with Crippen molar-refractivity contribution in [2.24, 2.45) is 5.92 Å². The molecule has 28 heavy (non-hydrogen) atoms. The number of fused-ring (bicyclic) bond motifs is 3. The zero-order valence-corrected chi connectivity index (χ0v) is 19.5. The molecule has 1 fully saturated rings. The van der Waals surface area contributed by atoms with E-state index in [0.717, 1.165) is 13.1 Å². The smallest absolute Gasteiger partial charge is 0.337 e. The van der Waals surface area contributed by atoms with Crippen molar-refractivity contribution >= 4 is 41.0 Å². The standard InChI is InChI=1S/C23H26INO2.ClH/c1-4-25-10-9-17-20(13-25)18-12-21(24)14(2)11-19(18)22(17)15-5-7-16(8-6-15)23(26)27-3;/h5-8,11-12,17,20,22H,4,9-10,13H2,1-3H3;1H/t17-,20+,22+;/m0./s1. The quantitative estimate of drug-likeness (QED) is 0.409. The molecule has 5 heteroatoms. The molecule has 0 spiro atoms. The van der Waals surface area contributed by atoms with Gasteiger partial charge in [-0.15, -0.1) is 12.4 Å². The normalized spacial score (nSPS) is 23.5.